The SMILES string of the molecule is CO[C@]1(CO)CC[C@H](n2cc(C)c(OC(C)C)nc2=O)O1. The highest BCUT2D eigenvalue weighted by atomic mass is 16.7. The van der Waals surface area contributed by atoms with Crippen molar-refractivity contribution in [1.29, 1.82) is 0 Å². The van der Waals surface area contributed by atoms with Gasteiger partial charge in [0.25, 0.3) is 0 Å². The minimum absolute atomic E-state index is 0.0512. The van der Waals surface area contributed by atoms with Gasteiger partial charge >= 0.3 is 5.69 Å². The second-order valence-corrected chi connectivity index (χ2v) is 5.47. The molecule has 1 fully saturated rings. The van der Waals surface area contributed by atoms with E-state index in [2.05, 4.69) is 4.98 Å². The van der Waals surface area contributed by atoms with Crippen LogP contribution in [0.3, 0.4) is 0 Å². The summed E-state index contributed by atoms with van der Waals surface area (Å²) in [5.74, 6) is -0.699. The summed E-state index contributed by atoms with van der Waals surface area (Å²) in [4.78, 5) is 16.1. The molecule has 1 aromatic rings. The van der Waals surface area contributed by atoms with Crippen LogP contribution in [-0.2, 0) is 9.47 Å². The van der Waals surface area contributed by atoms with E-state index in [9.17, 15) is 9.90 Å². The first kappa shape index (κ1) is 15.9. The minimum atomic E-state index is -1.04. The molecule has 2 heterocycles. The summed E-state index contributed by atoms with van der Waals surface area (Å²) < 4.78 is 17.8. The van der Waals surface area contributed by atoms with Gasteiger partial charge in [-0.05, 0) is 27.2 Å². The Morgan fingerprint density at radius 1 is 1.62 bits per heavy atom. The monoisotopic (exact) mass is 298 g/mol. The summed E-state index contributed by atoms with van der Waals surface area (Å²) in [7, 11) is 1.48. The van der Waals surface area contributed by atoms with Gasteiger partial charge in [0.05, 0.1) is 12.7 Å². The molecule has 1 saturated heterocycles. The van der Waals surface area contributed by atoms with Crippen LogP contribution in [0.25, 0.3) is 0 Å². The number of aryl methyl sites for hydroxylation is 1. The first-order chi connectivity index (χ1) is 9.90. The summed E-state index contributed by atoms with van der Waals surface area (Å²) in [5.41, 5.74) is 0.317. The summed E-state index contributed by atoms with van der Waals surface area (Å²) in [6, 6.07) is 0. The van der Waals surface area contributed by atoms with Crippen LogP contribution in [0.1, 0.15) is 38.5 Å². The van der Waals surface area contributed by atoms with E-state index in [1.807, 2.05) is 20.8 Å². The predicted molar refractivity (Wildman–Crippen MR) is 75.2 cm³/mol. The number of rotatable bonds is 5. The average molecular weight is 298 g/mol. The fourth-order valence-electron chi connectivity index (χ4n) is 2.34. The molecule has 0 radical (unpaired) electrons. The quantitative estimate of drug-likeness (QED) is 0.872. The second kappa shape index (κ2) is 6.13. The molecule has 1 aromatic heterocycles. The molecule has 1 N–H and O–H groups in total. The average Bonchev–Trinajstić information content (AvgIpc) is 2.87. The van der Waals surface area contributed by atoms with E-state index in [1.165, 1.54) is 11.7 Å². The van der Waals surface area contributed by atoms with Gasteiger partial charge in [-0.15, -0.1) is 0 Å². The Balaban J connectivity index is 2.26. The molecule has 7 heteroatoms. The zero-order valence-corrected chi connectivity index (χ0v) is 12.8. The van der Waals surface area contributed by atoms with Crippen LogP contribution in [0.4, 0.5) is 0 Å². The Kier molecular flexibility index (Phi) is 4.65. The molecule has 0 unspecified atom stereocenters. The highest BCUT2D eigenvalue weighted by Gasteiger charge is 2.41. The highest BCUT2D eigenvalue weighted by molar-refractivity contribution is 5.21. The van der Waals surface area contributed by atoms with Crippen molar-refractivity contribution in [3.8, 4) is 5.88 Å². The van der Waals surface area contributed by atoms with Crippen molar-refractivity contribution in [3.63, 3.8) is 0 Å². The van der Waals surface area contributed by atoms with Crippen LogP contribution in [0.2, 0.25) is 0 Å². The topological polar surface area (TPSA) is 82.8 Å². The Bertz CT molecular complexity index is 551. The van der Waals surface area contributed by atoms with Crippen LogP contribution < -0.4 is 10.4 Å². The third kappa shape index (κ3) is 3.25. The van der Waals surface area contributed by atoms with E-state index in [0.717, 1.165) is 5.56 Å². The summed E-state index contributed by atoms with van der Waals surface area (Å²) >= 11 is 0. The first-order valence-electron chi connectivity index (χ1n) is 7.01. The molecule has 1 aliphatic heterocycles. The van der Waals surface area contributed by atoms with Crippen LogP contribution in [0.15, 0.2) is 11.0 Å². The molecule has 0 saturated carbocycles. The first-order valence-corrected chi connectivity index (χ1v) is 7.01. The number of aromatic nitrogens is 2. The van der Waals surface area contributed by atoms with E-state index in [-0.39, 0.29) is 12.7 Å². The maximum absolute atomic E-state index is 12.1. The number of hydrogen-bond acceptors (Lipinski definition) is 6. The summed E-state index contributed by atoms with van der Waals surface area (Å²) in [5, 5.41) is 9.38. The Morgan fingerprint density at radius 2 is 2.33 bits per heavy atom. The molecular formula is C14H22N2O5. The van der Waals surface area contributed by atoms with Crippen LogP contribution in [0.5, 0.6) is 5.88 Å². The van der Waals surface area contributed by atoms with Crippen molar-refractivity contribution in [3.05, 3.63) is 22.2 Å². The number of ether oxygens (including phenoxy) is 3. The standard InChI is InChI=1S/C14H22N2O5/c1-9(2)20-12-10(3)7-16(13(18)15-12)11-5-6-14(8-17,19-4)21-11/h7,9,11,17H,5-6,8H2,1-4H3/t11-,14-/m1/s1. The third-order valence-corrected chi connectivity index (χ3v) is 3.48. The summed E-state index contributed by atoms with van der Waals surface area (Å²) in [6.07, 6.45) is 2.20. The van der Waals surface area contributed by atoms with Gasteiger partial charge < -0.3 is 19.3 Å². The molecule has 0 aromatic carbocycles. The maximum atomic E-state index is 12.1. The maximum Gasteiger partial charge on any atom is 0.352 e. The van der Waals surface area contributed by atoms with Gasteiger partial charge in [-0.1, -0.05) is 0 Å². The molecule has 0 aliphatic carbocycles. The van der Waals surface area contributed by atoms with Gasteiger partial charge in [-0.2, -0.15) is 4.98 Å². The minimum Gasteiger partial charge on any atom is -0.475 e. The highest BCUT2D eigenvalue weighted by Crippen LogP contribution is 2.36. The molecule has 0 bridgehead atoms. The molecule has 1 aliphatic rings. The molecule has 2 atom stereocenters. The van der Waals surface area contributed by atoms with Crippen molar-refractivity contribution in [2.45, 2.75) is 51.7 Å². The van der Waals surface area contributed by atoms with Gasteiger partial charge in [-0.25, -0.2) is 4.79 Å². The number of hydrogen-bond donors (Lipinski definition) is 1. The van der Waals surface area contributed by atoms with E-state index >= 15 is 0 Å². The lowest BCUT2D eigenvalue weighted by molar-refractivity contribution is -0.242. The molecule has 2 rings (SSSR count). The fraction of sp³-hybridized carbons (Fsp3) is 0.714. The van der Waals surface area contributed by atoms with Crippen molar-refractivity contribution >= 4 is 0 Å². The summed E-state index contributed by atoms with van der Waals surface area (Å²) in [6.45, 7) is 5.32. The number of aliphatic hydroxyl groups excluding tert-OH is 1. The van der Waals surface area contributed by atoms with Gasteiger partial charge in [0.15, 0.2) is 5.79 Å². The third-order valence-electron chi connectivity index (χ3n) is 3.48. The van der Waals surface area contributed by atoms with Gasteiger partial charge in [-0.3, -0.25) is 4.57 Å². The Labute approximate surface area is 123 Å². The molecular weight excluding hydrogens is 276 g/mol. The molecule has 0 spiro atoms. The normalized spacial score (nSPS) is 25.5. The van der Waals surface area contributed by atoms with Crippen LogP contribution >= 0.6 is 0 Å². The van der Waals surface area contributed by atoms with Crippen molar-refractivity contribution in [2.24, 2.45) is 0 Å². The Morgan fingerprint density at radius 3 is 2.86 bits per heavy atom. The predicted octanol–water partition coefficient (Wildman–Crippen LogP) is 0.983. The number of nitrogens with zero attached hydrogens (tertiary/aromatic N) is 2. The fourth-order valence-corrected chi connectivity index (χ4v) is 2.34. The van der Waals surface area contributed by atoms with Gasteiger partial charge in [0, 0.05) is 25.3 Å². The van der Waals surface area contributed by atoms with E-state index in [1.54, 1.807) is 6.20 Å². The second-order valence-electron chi connectivity index (χ2n) is 5.47. The lowest BCUT2D eigenvalue weighted by Crippen LogP contribution is -2.36. The van der Waals surface area contributed by atoms with Gasteiger partial charge in [0.1, 0.15) is 6.23 Å². The lowest BCUT2D eigenvalue weighted by Gasteiger charge is -2.25. The van der Waals surface area contributed by atoms with E-state index in [4.69, 9.17) is 14.2 Å². The van der Waals surface area contributed by atoms with E-state index < -0.39 is 17.7 Å². The molecule has 21 heavy (non-hydrogen) atoms. The van der Waals surface area contributed by atoms with Crippen LogP contribution in [-0.4, -0.2) is 40.3 Å². The smallest absolute Gasteiger partial charge is 0.352 e. The molecule has 7 nitrogen and oxygen atoms in total. The molecule has 118 valence electrons. The van der Waals surface area contributed by atoms with Gasteiger partial charge in [0.2, 0.25) is 5.88 Å². The van der Waals surface area contributed by atoms with Crippen LogP contribution in [0, 0.1) is 6.92 Å². The zero-order chi connectivity index (χ0) is 15.6. The van der Waals surface area contributed by atoms with E-state index in [0.29, 0.717) is 18.7 Å². The largest absolute Gasteiger partial charge is 0.475 e. The van der Waals surface area contributed by atoms with Crippen molar-refractivity contribution < 1.29 is 19.3 Å². The lowest BCUT2D eigenvalue weighted by atomic mass is 10.2. The van der Waals surface area contributed by atoms with Crippen molar-refractivity contribution in [2.75, 3.05) is 13.7 Å². The van der Waals surface area contributed by atoms with Crippen molar-refractivity contribution in [1.82, 2.24) is 9.55 Å². The zero-order valence-electron chi connectivity index (χ0n) is 12.8. The molecule has 0 amide bonds. The number of methoxy groups -OCH3 is 1. The number of aliphatic hydroxyl groups is 1. The Hall–Kier alpha value is -1.44.